The zero-order chi connectivity index (χ0) is 32.7. The fraction of sp³-hybridized carbons (Fsp3) is 0.600. The van der Waals surface area contributed by atoms with E-state index in [4.69, 9.17) is 17.2 Å². The van der Waals surface area contributed by atoms with Crippen LogP contribution in [-0.4, -0.2) is 98.1 Å². The Kier molecular flexibility index (Phi) is 15.5. The number of aliphatic hydroxyl groups excluding tert-OH is 1. The summed E-state index contributed by atoms with van der Waals surface area (Å²) in [7, 11) is 3.41. The summed E-state index contributed by atoms with van der Waals surface area (Å²) in [6.45, 7) is 4.19. The van der Waals surface area contributed by atoms with Gasteiger partial charge >= 0.3 is 0 Å². The second-order valence-electron chi connectivity index (χ2n) is 10.2. The summed E-state index contributed by atoms with van der Waals surface area (Å²) in [5.74, 6) is -4.59. The van der Waals surface area contributed by atoms with Crippen molar-refractivity contribution >= 4 is 62.9 Å². The Labute approximate surface area is 256 Å². The molecule has 0 saturated carbocycles. The number of carbonyl (C=O) groups excluding carboxylic acids is 6. The fourth-order valence-corrected chi connectivity index (χ4v) is 5.16. The highest BCUT2D eigenvalue weighted by Gasteiger charge is 2.40. The molecule has 3 radical (unpaired) electrons. The maximum atomic E-state index is 13.7. The minimum Gasteiger partial charge on any atom is -0.394 e. The average molecular weight is 639 g/mol. The number of carbonyl (C=O) groups is 6. The van der Waals surface area contributed by atoms with Crippen LogP contribution in [0, 0.1) is 5.92 Å². The molecule has 18 heteroatoms. The molecule has 5 amide bonds. The first-order valence-corrected chi connectivity index (χ1v) is 14.8. The molecular weight excluding hydrogens is 598 g/mol. The van der Waals surface area contributed by atoms with Gasteiger partial charge < -0.3 is 43.6 Å². The number of nitrogens with two attached hydrogens (primary N) is 3. The maximum absolute atomic E-state index is 13.7. The van der Waals surface area contributed by atoms with E-state index < -0.39 is 65.2 Å². The van der Waals surface area contributed by atoms with E-state index in [2.05, 4.69) is 41.5 Å². The number of hydrogen-bond acceptors (Lipinski definition) is 10. The van der Waals surface area contributed by atoms with Gasteiger partial charge in [-0.2, -0.15) is 0 Å². The largest absolute Gasteiger partial charge is 0.394 e. The van der Waals surface area contributed by atoms with Crippen molar-refractivity contribution in [1.82, 2.24) is 26.3 Å². The number of nitrogens with zero attached hydrogens (tertiary/aromatic N) is 2. The van der Waals surface area contributed by atoms with Crippen molar-refractivity contribution in [2.45, 2.75) is 76.2 Å². The minimum absolute atomic E-state index is 0.0509. The summed E-state index contributed by atoms with van der Waals surface area (Å²) >= 11 is 1.10. The number of ketones is 1. The molecule has 0 aliphatic heterocycles. The molecule has 16 nitrogen and oxygen atoms in total. The van der Waals surface area contributed by atoms with Crippen molar-refractivity contribution in [3.8, 4) is 0 Å². The third kappa shape index (κ3) is 13.3. The predicted octanol–water partition coefficient (Wildman–Crippen LogP) is -2.86. The molecule has 43 heavy (non-hydrogen) atoms. The molecule has 1 heterocycles. The van der Waals surface area contributed by atoms with E-state index in [1.165, 1.54) is 6.20 Å². The van der Waals surface area contributed by atoms with Gasteiger partial charge in [-0.05, 0) is 31.6 Å². The number of Topliss-reactive ketones (excluding diaryl/α,β-unsaturated/α-hetero) is 1. The second-order valence-corrected chi connectivity index (χ2v) is 11.9. The van der Waals surface area contributed by atoms with Gasteiger partial charge in [-0.3, -0.25) is 33.8 Å². The van der Waals surface area contributed by atoms with Gasteiger partial charge in [-0.1, -0.05) is 13.8 Å². The molecule has 1 aromatic rings. The van der Waals surface area contributed by atoms with E-state index in [-0.39, 0.29) is 49.1 Å². The smallest absolute Gasteiger partial charge is 0.245 e. The van der Waals surface area contributed by atoms with Gasteiger partial charge in [0, 0.05) is 31.5 Å². The molecule has 0 aliphatic carbocycles. The van der Waals surface area contributed by atoms with Gasteiger partial charge in [0.05, 0.1) is 22.9 Å². The molecule has 0 spiro atoms. The zero-order valence-electron chi connectivity index (χ0n) is 24.3. The number of hydrogen-bond donors (Lipinski definition) is 8. The summed E-state index contributed by atoms with van der Waals surface area (Å²) in [6, 6.07) is -3.79. The Morgan fingerprint density at radius 1 is 1.02 bits per heavy atom. The average Bonchev–Trinajstić information content (AvgIpc) is 3.44. The molecule has 0 saturated heterocycles. The molecule has 237 valence electrons. The third-order valence-electron chi connectivity index (χ3n) is 5.84. The van der Waals surface area contributed by atoms with Gasteiger partial charge in [0.15, 0.2) is 11.0 Å². The Morgan fingerprint density at radius 2 is 1.70 bits per heavy atom. The zero-order valence-corrected chi connectivity index (χ0v) is 26.2. The quantitative estimate of drug-likeness (QED) is 0.0252. The number of guanidine groups is 1. The Hall–Kier alpha value is -3.90. The highest BCUT2D eigenvalue weighted by molar-refractivity contribution is 7.11. The minimum atomic E-state index is -1.77. The number of thiazole rings is 1. The number of primary amides is 1. The maximum Gasteiger partial charge on any atom is 0.245 e. The van der Waals surface area contributed by atoms with Crippen LogP contribution in [0.15, 0.2) is 16.6 Å². The highest BCUT2D eigenvalue weighted by Crippen LogP contribution is 2.18. The van der Waals surface area contributed by atoms with Gasteiger partial charge in [-0.25, -0.2) is 4.98 Å². The van der Waals surface area contributed by atoms with Crippen LogP contribution in [0.3, 0.4) is 0 Å². The number of aliphatic hydroxyl groups is 1. The number of amides is 5. The van der Waals surface area contributed by atoms with Crippen molar-refractivity contribution in [3.63, 3.8) is 0 Å². The molecule has 1 aromatic heterocycles. The summed E-state index contributed by atoms with van der Waals surface area (Å²) in [4.78, 5) is 83.8. The molecule has 0 bridgehead atoms. The Morgan fingerprint density at radius 3 is 2.21 bits per heavy atom. The van der Waals surface area contributed by atoms with Crippen LogP contribution in [0.1, 0.15) is 62.7 Å². The van der Waals surface area contributed by atoms with Crippen molar-refractivity contribution in [2.75, 3.05) is 13.2 Å². The lowest BCUT2D eigenvalue weighted by Gasteiger charge is -2.34. The number of aliphatic imine (C=N–C) groups is 1. The van der Waals surface area contributed by atoms with Gasteiger partial charge in [0.1, 0.15) is 17.2 Å². The fourth-order valence-electron chi connectivity index (χ4n) is 3.93. The van der Waals surface area contributed by atoms with Crippen LogP contribution in [0.5, 0.6) is 0 Å². The third-order valence-corrected chi connectivity index (χ3v) is 7.18. The molecule has 1 rings (SSSR count). The van der Waals surface area contributed by atoms with Gasteiger partial charge in [-0.15, -0.1) is 11.3 Å². The van der Waals surface area contributed by atoms with Crippen LogP contribution in [0.4, 0.5) is 0 Å². The van der Waals surface area contributed by atoms with Gasteiger partial charge in [0.2, 0.25) is 35.3 Å². The van der Waals surface area contributed by atoms with Crippen LogP contribution in [0.2, 0.25) is 0 Å². The molecule has 4 atom stereocenters. The van der Waals surface area contributed by atoms with Crippen molar-refractivity contribution in [1.29, 1.82) is 0 Å². The summed E-state index contributed by atoms with van der Waals surface area (Å²) in [5.41, 5.74) is 16.0. The second kappa shape index (κ2) is 17.9. The lowest BCUT2D eigenvalue weighted by Crippen LogP contribution is -2.65. The molecule has 0 aromatic carbocycles. The van der Waals surface area contributed by atoms with E-state index >= 15 is 0 Å². The Balaban J connectivity index is 3.26. The van der Waals surface area contributed by atoms with Crippen LogP contribution in [0.25, 0.3) is 0 Å². The van der Waals surface area contributed by atoms with Gasteiger partial charge in [0.25, 0.3) is 0 Å². The lowest BCUT2D eigenvalue weighted by molar-refractivity contribution is -0.135. The highest BCUT2D eigenvalue weighted by atomic mass is 32.1. The van der Waals surface area contributed by atoms with Crippen LogP contribution in [-0.2, 0) is 24.0 Å². The standard InChI is InChI=1S/C25H40N9O7SSi/c1-13(2)11-25(43,23(41)33-15(5-4-8-30-24(27)28)19(38)22-29-9-10-42-22)34-21(40)16(6-7-18(26)37)32-20(39)17(12-35)31-14(3)36/h9-10,13,15-17,35H,4-8,11-12H2,1-3H3,(H2,26,37)(H,31,36)(H,32,39)(H,33,41)(H,34,40)(H4,27,28,30)/t15-,16-,17-,25-/m0/s1. The predicted molar refractivity (Wildman–Crippen MR) is 159 cm³/mol. The normalized spacial score (nSPS) is 14.4. The van der Waals surface area contributed by atoms with E-state index in [9.17, 15) is 33.9 Å². The van der Waals surface area contributed by atoms with Crippen molar-refractivity contribution < 1.29 is 33.9 Å². The molecule has 0 fully saturated rings. The first-order chi connectivity index (χ1) is 20.1. The first kappa shape index (κ1) is 37.1. The van der Waals surface area contributed by atoms with Crippen LogP contribution < -0.4 is 38.5 Å². The van der Waals surface area contributed by atoms with Crippen molar-refractivity contribution in [2.24, 2.45) is 28.1 Å². The first-order valence-electron chi connectivity index (χ1n) is 13.4. The molecule has 0 unspecified atom stereocenters. The van der Waals surface area contributed by atoms with E-state index in [0.29, 0.717) is 6.42 Å². The van der Waals surface area contributed by atoms with E-state index in [0.717, 1.165) is 18.3 Å². The molecule has 0 aliphatic rings. The Bertz CT molecular complexity index is 1160. The summed E-state index contributed by atoms with van der Waals surface area (Å²) in [5, 5.41) is 19.4. The van der Waals surface area contributed by atoms with E-state index in [1.54, 1.807) is 19.2 Å². The van der Waals surface area contributed by atoms with Crippen LogP contribution >= 0.6 is 11.3 Å². The number of nitrogens with one attached hydrogen (secondary N) is 4. The topological polar surface area (TPSA) is 274 Å². The molecular formula is C25H40N9O7SSi. The number of rotatable bonds is 19. The SMILES string of the molecule is CC(=O)N[C@@H](CO)C(=O)N[C@@H](CCC(N)=O)C(=O)N[C@]([Si])(CC(C)C)C(=O)N[C@@H](CCCN=C(N)N)C(=O)c1nccs1. The van der Waals surface area contributed by atoms with E-state index in [1.807, 2.05) is 0 Å². The molecule has 11 N–H and O–H groups in total. The monoisotopic (exact) mass is 638 g/mol. The summed E-state index contributed by atoms with van der Waals surface area (Å²) < 4.78 is 0. The van der Waals surface area contributed by atoms with Crippen molar-refractivity contribution in [3.05, 3.63) is 16.6 Å². The summed E-state index contributed by atoms with van der Waals surface area (Å²) in [6.07, 6.45) is 1.46. The lowest BCUT2D eigenvalue weighted by atomic mass is 9.99. The number of aromatic nitrogens is 1.